The number of aromatic nitrogens is 2. The van der Waals surface area contributed by atoms with Crippen molar-refractivity contribution in [2.75, 3.05) is 26.7 Å². The topological polar surface area (TPSA) is 110 Å². The number of likely N-dealkylation sites (N-methyl/N-ethyl adjacent to an activating group) is 1. The van der Waals surface area contributed by atoms with E-state index in [1.807, 2.05) is 17.0 Å². The Hall–Kier alpha value is -2.66. The summed E-state index contributed by atoms with van der Waals surface area (Å²) >= 11 is 7.54. The van der Waals surface area contributed by atoms with Crippen LogP contribution in [-0.2, 0) is 17.8 Å². The van der Waals surface area contributed by atoms with Gasteiger partial charge in [0, 0.05) is 59.3 Å². The van der Waals surface area contributed by atoms with E-state index in [1.54, 1.807) is 12.1 Å². The van der Waals surface area contributed by atoms with Crippen LogP contribution in [-0.4, -0.2) is 76.3 Å². The summed E-state index contributed by atoms with van der Waals surface area (Å²) in [5, 5.41) is 8.15. The van der Waals surface area contributed by atoms with Crippen molar-refractivity contribution in [3.8, 4) is 0 Å². The van der Waals surface area contributed by atoms with Gasteiger partial charge in [0.15, 0.2) is 5.01 Å². The Balaban J connectivity index is 0.00000323. The van der Waals surface area contributed by atoms with Crippen LogP contribution >= 0.6 is 35.3 Å². The number of nitrogens with zero attached hydrogens (tertiary/aromatic N) is 3. The normalized spacial score (nSPS) is 21.6. The number of hydrogen-bond donors (Lipinski definition) is 3. The fourth-order valence-corrected chi connectivity index (χ4v) is 7.30. The fraction of sp³-hybridized carbons (Fsp3) is 0.500. The van der Waals surface area contributed by atoms with E-state index in [0.29, 0.717) is 35.2 Å². The highest BCUT2D eigenvalue weighted by atomic mass is 35.5. The number of halogens is 2. The van der Waals surface area contributed by atoms with Gasteiger partial charge in [0.25, 0.3) is 11.8 Å². The lowest BCUT2D eigenvalue weighted by Crippen LogP contribution is -2.61. The number of likely N-dealkylation sites (tertiary alicyclic amines) is 1. The van der Waals surface area contributed by atoms with E-state index in [9.17, 15) is 14.4 Å². The molecule has 3 amide bonds. The summed E-state index contributed by atoms with van der Waals surface area (Å²) in [6, 6.07) is 6.45. The lowest BCUT2D eigenvalue weighted by atomic mass is 9.96. The molecule has 2 fully saturated rings. The summed E-state index contributed by atoms with van der Waals surface area (Å²) in [5.41, 5.74) is 2.25. The molecule has 3 aromatic rings. The number of fused-ring (bicyclic) bond motifs is 2. The highest BCUT2D eigenvalue weighted by Crippen LogP contribution is 2.29. The lowest BCUT2D eigenvalue weighted by molar-refractivity contribution is -0.136. The van der Waals surface area contributed by atoms with Crippen molar-refractivity contribution in [2.24, 2.45) is 5.92 Å². The number of H-pyrrole nitrogens is 1. The second kappa shape index (κ2) is 12.1. The van der Waals surface area contributed by atoms with E-state index in [4.69, 9.17) is 11.6 Å². The zero-order valence-corrected chi connectivity index (χ0v) is 24.8. The maximum absolute atomic E-state index is 13.4. The molecule has 40 heavy (non-hydrogen) atoms. The minimum absolute atomic E-state index is 0. The molecular weight excluding hydrogens is 571 g/mol. The first-order chi connectivity index (χ1) is 18.8. The Labute approximate surface area is 248 Å². The Morgan fingerprint density at radius 3 is 2.62 bits per heavy atom. The first kappa shape index (κ1) is 28.9. The van der Waals surface area contributed by atoms with Gasteiger partial charge >= 0.3 is 0 Å². The molecule has 214 valence electrons. The third-order valence-corrected chi connectivity index (χ3v) is 9.52. The van der Waals surface area contributed by atoms with Crippen molar-refractivity contribution in [1.82, 2.24) is 30.4 Å². The van der Waals surface area contributed by atoms with Gasteiger partial charge in [-0.2, -0.15) is 0 Å². The highest BCUT2D eigenvalue weighted by molar-refractivity contribution is 7.13. The summed E-state index contributed by atoms with van der Waals surface area (Å²) in [7, 11) is 2.06. The molecule has 0 bridgehead atoms. The van der Waals surface area contributed by atoms with Gasteiger partial charge in [-0.15, -0.1) is 23.7 Å². The number of rotatable bonds is 5. The second-order valence-corrected chi connectivity index (χ2v) is 12.5. The molecule has 0 unspecified atom stereocenters. The van der Waals surface area contributed by atoms with E-state index in [2.05, 4.69) is 32.5 Å². The van der Waals surface area contributed by atoms with Gasteiger partial charge in [0.2, 0.25) is 5.91 Å². The molecule has 4 heterocycles. The average molecular weight is 606 g/mol. The molecular formula is C28H34Cl2N6O3S. The van der Waals surface area contributed by atoms with Gasteiger partial charge in [-0.25, -0.2) is 4.98 Å². The Bertz CT molecular complexity index is 1420. The lowest BCUT2D eigenvalue weighted by Gasteiger charge is -2.40. The molecule has 0 radical (unpaired) electrons. The van der Waals surface area contributed by atoms with Crippen LogP contribution in [0.15, 0.2) is 24.3 Å². The van der Waals surface area contributed by atoms with Gasteiger partial charge in [-0.1, -0.05) is 24.4 Å². The van der Waals surface area contributed by atoms with Crippen molar-refractivity contribution in [1.29, 1.82) is 0 Å². The number of piperidine rings is 1. The number of carbonyl (C=O) groups is 3. The van der Waals surface area contributed by atoms with E-state index in [1.165, 1.54) is 11.3 Å². The Morgan fingerprint density at radius 2 is 1.82 bits per heavy atom. The van der Waals surface area contributed by atoms with E-state index in [-0.39, 0.29) is 42.1 Å². The molecule has 1 aliphatic carbocycles. The summed E-state index contributed by atoms with van der Waals surface area (Å²) in [6.45, 7) is 2.63. The first-order valence-electron chi connectivity index (χ1n) is 13.7. The van der Waals surface area contributed by atoms with Gasteiger partial charge in [-0.3, -0.25) is 14.4 Å². The molecule has 6 rings (SSSR count). The number of aromatic amines is 1. The van der Waals surface area contributed by atoms with E-state index in [0.717, 1.165) is 66.7 Å². The number of hydrogen-bond acceptors (Lipinski definition) is 6. The minimum atomic E-state index is -0.428. The van der Waals surface area contributed by atoms with Crippen LogP contribution in [0.3, 0.4) is 0 Å². The van der Waals surface area contributed by atoms with Gasteiger partial charge in [0.05, 0.1) is 17.8 Å². The zero-order valence-electron chi connectivity index (χ0n) is 22.4. The maximum atomic E-state index is 13.4. The molecule has 2 aliphatic heterocycles. The SMILES string of the molecule is CN1CCc2nc(C(=O)N[C@@H]3CN(C(=O)C4CCCC4)CC[C@@H]3NC(=O)c3cc4cc(Cl)ccc4[nH]3)sc2C1.Cl. The van der Waals surface area contributed by atoms with Crippen LogP contribution < -0.4 is 10.6 Å². The Kier molecular flexibility index (Phi) is 8.70. The van der Waals surface area contributed by atoms with Crippen molar-refractivity contribution in [2.45, 2.75) is 57.2 Å². The number of benzene rings is 1. The monoisotopic (exact) mass is 604 g/mol. The number of nitrogens with one attached hydrogen (secondary N) is 3. The quantitative estimate of drug-likeness (QED) is 0.407. The second-order valence-electron chi connectivity index (χ2n) is 11.0. The van der Waals surface area contributed by atoms with Crippen molar-refractivity contribution in [3.63, 3.8) is 0 Å². The third kappa shape index (κ3) is 6.00. The summed E-state index contributed by atoms with van der Waals surface area (Å²) in [4.78, 5) is 52.9. The average Bonchev–Trinajstić information content (AvgIpc) is 3.68. The highest BCUT2D eigenvalue weighted by Gasteiger charge is 2.37. The van der Waals surface area contributed by atoms with Crippen LogP contribution in [0.2, 0.25) is 5.02 Å². The van der Waals surface area contributed by atoms with Gasteiger partial charge in [0.1, 0.15) is 5.69 Å². The van der Waals surface area contributed by atoms with Crippen molar-refractivity contribution >= 4 is 64.0 Å². The van der Waals surface area contributed by atoms with Crippen LogP contribution in [0.4, 0.5) is 0 Å². The minimum Gasteiger partial charge on any atom is -0.351 e. The standard InChI is InChI=1S/C28H33ClN6O3S.ClH/c1-34-10-8-21-24(15-34)39-27(33-21)26(37)32-23-14-35(28(38)16-4-2-3-5-16)11-9-20(23)31-25(36)22-13-17-12-18(29)6-7-19(17)30-22;/h6-7,12-13,16,20,23,30H,2-5,8-11,14-15H2,1H3,(H,31,36)(H,32,37);1H/t20-,23+;/m0./s1. The van der Waals surface area contributed by atoms with Crippen LogP contribution in [0.25, 0.3) is 10.9 Å². The molecule has 12 heteroatoms. The predicted octanol–water partition coefficient (Wildman–Crippen LogP) is 4.01. The molecule has 2 aromatic heterocycles. The number of amides is 3. The summed E-state index contributed by atoms with van der Waals surface area (Å²) in [5.74, 6) is -0.281. The van der Waals surface area contributed by atoms with Gasteiger partial charge < -0.3 is 25.4 Å². The fourth-order valence-electron chi connectivity index (χ4n) is 6.02. The molecule has 1 saturated heterocycles. The van der Waals surface area contributed by atoms with Crippen LogP contribution in [0.5, 0.6) is 0 Å². The molecule has 3 aliphatic rings. The van der Waals surface area contributed by atoms with Crippen molar-refractivity contribution in [3.05, 3.63) is 50.6 Å². The Morgan fingerprint density at radius 1 is 1.05 bits per heavy atom. The number of carbonyl (C=O) groups excluding carboxylic acids is 3. The molecule has 2 atom stereocenters. The zero-order chi connectivity index (χ0) is 27.1. The largest absolute Gasteiger partial charge is 0.351 e. The van der Waals surface area contributed by atoms with E-state index >= 15 is 0 Å². The smallest absolute Gasteiger partial charge is 0.280 e. The van der Waals surface area contributed by atoms with Crippen molar-refractivity contribution < 1.29 is 14.4 Å². The molecule has 9 nitrogen and oxygen atoms in total. The third-order valence-electron chi connectivity index (χ3n) is 8.21. The van der Waals surface area contributed by atoms with Crippen LogP contribution in [0.1, 0.15) is 63.0 Å². The first-order valence-corrected chi connectivity index (χ1v) is 14.9. The predicted molar refractivity (Wildman–Crippen MR) is 158 cm³/mol. The summed E-state index contributed by atoms with van der Waals surface area (Å²) in [6.07, 6.45) is 5.41. The number of thiazole rings is 1. The molecule has 3 N–H and O–H groups in total. The maximum Gasteiger partial charge on any atom is 0.280 e. The van der Waals surface area contributed by atoms with E-state index < -0.39 is 6.04 Å². The molecule has 1 saturated carbocycles. The molecule has 0 spiro atoms. The van der Waals surface area contributed by atoms with Crippen LogP contribution in [0, 0.1) is 5.92 Å². The molecule has 1 aromatic carbocycles. The van der Waals surface area contributed by atoms with Gasteiger partial charge in [-0.05, 0) is 50.6 Å². The summed E-state index contributed by atoms with van der Waals surface area (Å²) < 4.78 is 0.